The lowest BCUT2D eigenvalue weighted by atomic mass is 9.94. The van der Waals surface area contributed by atoms with Crippen LogP contribution in [0.25, 0.3) is 0 Å². The average Bonchev–Trinajstić information content (AvgIpc) is 2.56. The Kier molecular flexibility index (Phi) is 1.31. The molecule has 0 radical (unpaired) electrons. The van der Waals surface area contributed by atoms with Gasteiger partial charge in [0.25, 0.3) is 0 Å². The number of ketones is 1. The Morgan fingerprint density at radius 2 is 2.00 bits per heavy atom. The summed E-state index contributed by atoms with van der Waals surface area (Å²) in [7, 11) is 0. The molecule has 1 aliphatic heterocycles. The smallest absolute Gasteiger partial charge is 0.163 e. The fraction of sp³-hybridized carbons (Fsp3) is 0.900. The van der Waals surface area contributed by atoms with Gasteiger partial charge in [-0.3, -0.25) is 4.79 Å². The summed E-state index contributed by atoms with van der Waals surface area (Å²) >= 11 is 0. The van der Waals surface area contributed by atoms with Crippen LogP contribution in [-0.2, 0) is 14.3 Å². The zero-order valence-electron chi connectivity index (χ0n) is 7.95. The summed E-state index contributed by atoms with van der Waals surface area (Å²) in [6.07, 6.45) is 1.95. The third kappa shape index (κ3) is 0.945. The molecule has 1 heterocycles. The van der Waals surface area contributed by atoms with Gasteiger partial charge in [0.05, 0.1) is 12.2 Å². The van der Waals surface area contributed by atoms with Gasteiger partial charge in [0.15, 0.2) is 5.79 Å². The highest BCUT2D eigenvalue weighted by atomic mass is 16.8. The van der Waals surface area contributed by atoms with Crippen LogP contribution in [0.3, 0.4) is 0 Å². The van der Waals surface area contributed by atoms with Crippen LogP contribution < -0.4 is 0 Å². The van der Waals surface area contributed by atoms with Gasteiger partial charge in [0, 0.05) is 12.3 Å². The summed E-state index contributed by atoms with van der Waals surface area (Å²) in [5, 5.41) is 0. The zero-order valence-corrected chi connectivity index (χ0v) is 7.95. The van der Waals surface area contributed by atoms with Crippen molar-refractivity contribution in [1.82, 2.24) is 0 Å². The SMILES string of the molecule is CC1(C)OC2C3CC(=O)C(C3)C2O1. The first-order valence-corrected chi connectivity index (χ1v) is 4.95. The number of Topliss-reactive ketones (excluding diaryl/α,β-unsaturated/α-hetero) is 1. The molecule has 4 atom stereocenters. The molecule has 2 saturated carbocycles. The van der Waals surface area contributed by atoms with Crippen molar-refractivity contribution in [3.05, 3.63) is 0 Å². The first-order valence-electron chi connectivity index (χ1n) is 4.95. The van der Waals surface area contributed by atoms with Crippen LogP contribution in [-0.4, -0.2) is 23.8 Å². The van der Waals surface area contributed by atoms with Crippen molar-refractivity contribution in [1.29, 1.82) is 0 Å². The van der Waals surface area contributed by atoms with Crippen LogP contribution in [0.1, 0.15) is 26.7 Å². The van der Waals surface area contributed by atoms with E-state index >= 15 is 0 Å². The molecule has 0 aromatic heterocycles. The minimum atomic E-state index is -0.475. The molecule has 0 aromatic rings. The summed E-state index contributed by atoms with van der Waals surface area (Å²) < 4.78 is 11.5. The zero-order chi connectivity index (χ0) is 9.22. The first kappa shape index (κ1) is 7.94. The summed E-state index contributed by atoms with van der Waals surface area (Å²) in [6, 6.07) is 0. The maximum Gasteiger partial charge on any atom is 0.163 e. The Hall–Kier alpha value is -0.410. The van der Waals surface area contributed by atoms with Crippen LogP contribution >= 0.6 is 0 Å². The normalized spacial score (nSPS) is 51.4. The summed E-state index contributed by atoms with van der Waals surface area (Å²) in [5.74, 6) is 0.477. The van der Waals surface area contributed by atoms with E-state index in [1.165, 1.54) is 0 Å². The molecule has 0 spiro atoms. The molecule has 3 rings (SSSR count). The third-order valence-electron chi connectivity index (χ3n) is 3.46. The van der Waals surface area contributed by atoms with Gasteiger partial charge in [-0.1, -0.05) is 0 Å². The molecule has 0 aromatic carbocycles. The van der Waals surface area contributed by atoms with Gasteiger partial charge < -0.3 is 9.47 Å². The Morgan fingerprint density at radius 1 is 1.31 bits per heavy atom. The topological polar surface area (TPSA) is 35.5 Å². The molecule has 4 unspecified atom stereocenters. The molecule has 3 nitrogen and oxygen atoms in total. The van der Waals surface area contributed by atoms with E-state index in [0.717, 1.165) is 6.42 Å². The highest BCUT2D eigenvalue weighted by Gasteiger charge is 2.59. The fourth-order valence-corrected chi connectivity index (χ4v) is 3.01. The molecule has 3 fully saturated rings. The fourth-order valence-electron chi connectivity index (χ4n) is 3.01. The quantitative estimate of drug-likeness (QED) is 0.563. The monoisotopic (exact) mass is 182 g/mol. The number of hydrogen-bond acceptors (Lipinski definition) is 3. The van der Waals surface area contributed by atoms with E-state index in [4.69, 9.17) is 9.47 Å². The lowest BCUT2D eigenvalue weighted by molar-refractivity contribution is -0.157. The van der Waals surface area contributed by atoms with E-state index in [1.807, 2.05) is 13.8 Å². The number of rotatable bonds is 0. The minimum absolute atomic E-state index is 0.0567. The molecule has 2 bridgehead atoms. The molecule has 72 valence electrons. The van der Waals surface area contributed by atoms with Crippen molar-refractivity contribution in [2.75, 3.05) is 0 Å². The number of carbonyl (C=O) groups excluding carboxylic acids is 1. The Labute approximate surface area is 77.4 Å². The van der Waals surface area contributed by atoms with Crippen molar-refractivity contribution >= 4 is 5.78 Å². The van der Waals surface area contributed by atoms with Crippen LogP contribution in [0.15, 0.2) is 0 Å². The van der Waals surface area contributed by atoms with E-state index in [2.05, 4.69) is 0 Å². The van der Waals surface area contributed by atoms with Crippen LogP contribution in [0.5, 0.6) is 0 Å². The van der Waals surface area contributed by atoms with E-state index in [0.29, 0.717) is 18.1 Å². The highest BCUT2D eigenvalue weighted by Crippen LogP contribution is 2.51. The van der Waals surface area contributed by atoms with Crippen molar-refractivity contribution in [3.63, 3.8) is 0 Å². The molecule has 1 saturated heterocycles. The number of ether oxygens (including phenoxy) is 2. The van der Waals surface area contributed by atoms with Gasteiger partial charge in [0.1, 0.15) is 5.78 Å². The molecule has 3 aliphatic rings. The lowest BCUT2D eigenvalue weighted by Crippen LogP contribution is -2.34. The molecule has 13 heavy (non-hydrogen) atoms. The maximum absolute atomic E-state index is 11.5. The predicted octanol–water partition coefficient (Wildman–Crippen LogP) is 1.12. The van der Waals surface area contributed by atoms with Crippen molar-refractivity contribution < 1.29 is 14.3 Å². The molecule has 3 heteroatoms. The Morgan fingerprint density at radius 3 is 2.77 bits per heavy atom. The summed E-state index contributed by atoms with van der Waals surface area (Å²) in [5.41, 5.74) is 0. The maximum atomic E-state index is 11.5. The van der Waals surface area contributed by atoms with Crippen molar-refractivity contribution in [3.8, 4) is 0 Å². The van der Waals surface area contributed by atoms with Gasteiger partial charge in [-0.2, -0.15) is 0 Å². The standard InChI is InChI=1S/C10H14O3/c1-10(2)12-8-5-3-6(7(11)4-5)9(8)13-10/h5-6,8-9H,3-4H2,1-2H3. The van der Waals surface area contributed by atoms with E-state index < -0.39 is 5.79 Å². The number of carbonyl (C=O) groups is 1. The van der Waals surface area contributed by atoms with E-state index in [-0.39, 0.29) is 18.1 Å². The third-order valence-corrected chi connectivity index (χ3v) is 3.46. The second-order valence-electron chi connectivity index (χ2n) is 4.84. The molecular weight excluding hydrogens is 168 g/mol. The Balaban J connectivity index is 1.91. The minimum Gasteiger partial charge on any atom is -0.344 e. The second-order valence-corrected chi connectivity index (χ2v) is 4.84. The Bertz CT molecular complexity index is 271. The summed E-state index contributed by atoms with van der Waals surface area (Å²) in [4.78, 5) is 11.5. The lowest BCUT2D eigenvalue weighted by Gasteiger charge is -2.19. The molecule has 0 N–H and O–H groups in total. The first-order chi connectivity index (χ1) is 6.07. The van der Waals surface area contributed by atoms with Gasteiger partial charge in [0.2, 0.25) is 0 Å². The van der Waals surface area contributed by atoms with Crippen LogP contribution in [0, 0.1) is 11.8 Å². The number of fused-ring (bicyclic) bond motifs is 5. The van der Waals surface area contributed by atoms with Crippen molar-refractivity contribution in [2.24, 2.45) is 11.8 Å². The molecule has 0 amide bonds. The van der Waals surface area contributed by atoms with Crippen LogP contribution in [0.2, 0.25) is 0 Å². The molecular formula is C10H14O3. The van der Waals surface area contributed by atoms with E-state index in [9.17, 15) is 4.79 Å². The number of hydrogen-bond donors (Lipinski definition) is 0. The predicted molar refractivity (Wildman–Crippen MR) is 45.0 cm³/mol. The van der Waals surface area contributed by atoms with Gasteiger partial charge >= 0.3 is 0 Å². The largest absolute Gasteiger partial charge is 0.344 e. The highest BCUT2D eigenvalue weighted by molar-refractivity contribution is 5.85. The van der Waals surface area contributed by atoms with Gasteiger partial charge in [-0.15, -0.1) is 0 Å². The van der Waals surface area contributed by atoms with E-state index in [1.54, 1.807) is 0 Å². The van der Waals surface area contributed by atoms with Gasteiger partial charge in [-0.05, 0) is 26.2 Å². The second kappa shape index (κ2) is 2.15. The van der Waals surface area contributed by atoms with Crippen LogP contribution in [0.4, 0.5) is 0 Å². The average molecular weight is 182 g/mol. The van der Waals surface area contributed by atoms with Gasteiger partial charge in [-0.25, -0.2) is 0 Å². The molecule has 2 aliphatic carbocycles. The summed E-state index contributed by atoms with van der Waals surface area (Å²) in [6.45, 7) is 3.85. The van der Waals surface area contributed by atoms with Crippen molar-refractivity contribution in [2.45, 2.75) is 44.7 Å².